The molecule has 3 N–H and O–H groups in total. The number of nitrogens with one attached hydrogen (secondary N) is 2. The van der Waals surface area contributed by atoms with E-state index in [4.69, 9.17) is 5.11 Å². The Balaban J connectivity index is 3.98. The summed E-state index contributed by atoms with van der Waals surface area (Å²) < 4.78 is 0. The van der Waals surface area contributed by atoms with Gasteiger partial charge < -0.3 is 15.7 Å². The van der Waals surface area contributed by atoms with Gasteiger partial charge in [0.05, 0.1) is 6.54 Å². The highest BCUT2D eigenvalue weighted by atomic mass is 16.4. The van der Waals surface area contributed by atoms with Gasteiger partial charge in [0.15, 0.2) is 0 Å². The predicted octanol–water partition coefficient (Wildman–Crippen LogP) is 0.354. The molecule has 0 heterocycles. The average molecular weight is 216 g/mol. The molecule has 15 heavy (non-hydrogen) atoms. The maximum absolute atomic E-state index is 11.3. The van der Waals surface area contributed by atoms with E-state index in [1.54, 1.807) is 6.92 Å². The monoisotopic (exact) mass is 216 g/mol. The largest absolute Gasteiger partial charge is 0.480 e. The molecule has 0 aromatic rings. The van der Waals surface area contributed by atoms with Crippen molar-refractivity contribution in [2.75, 3.05) is 6.54 Å². The lowest BCUT2D eigenvalue weighted by Crippen LogP contribution is -2.47. The first-order chi connectivity index (χ1) is 6.76. The van der Waals surface area contributed by atoms with Crippen LogP contribution >= 0.6 is 0 Å². The molecule has 0 aliphatic carbocycles. The Labute approximate surface area is 90.2 Å². The normalized spacial score (nSPS) is 13.3. The Bertz CT molecular complexity index is 233. The summed E-state index contributed by atoms with van der Waals surface area (Å²) in [5.41, 5.74) is -0.151. The van der Waals surface area contributed by atoms with Gasteiger partial charge in [-0.2, -0.15) is 0 Å². The lowest BCUT2D eigenvalue weighted by molar-refractivity contribution is -0.141. The summed E-state index contributed by atoms with van der Waals surface area (Å²) in [6.07, 6.45) is 0.386. The number of hydrogen-bond acceptors (Lipinski definition) is 3. The first-order valence-corrected chi connectivity index (χ1v) is 5.03. The van der Waals surface area contributed by atoms with Crippen LogP contribution in [0.2, 0.25) is 0 Å². The van der Waals surface area contributed by atoms with Gasteiger partial charge in [-0.1, -0.05) is 6.92 Å². The molecule has 0 rings (SSSR count). The van der Waals surface area contributed by atoms with Gasteiger partial charge in [0.25, 0.3) is 0 Å². The van der Waals surface area contributed by atoms with Gasteiger partial charge in [0.1, 0.15) is 6.04 Å². The second kappa shape index (κ2) is 5.70. The van der Waals surface area contributed by atoms with Crippen LogP contribution in [0.25, 0.3) is 0 Å². The van der Waals surface area contributed by atoms with Gasteiger partial charge in [-0.05, 0) is 27.2 Å². The average Bonchev–Trinajstić information content (AvgIpc) is 2.09. The van der Waals surface area contributed by atoms with Gasteiger partial charge in [-0.25, -0.2) is 4.79 Å². The Kier molecular flexibility index (Phi) is 5.28. The molecule has 88 valence electrons. The molecule has 5 nitrogen and oxygen atoms in total. The van der Waals surface area contributed by atoms with Crippen LogP contribution in [0.15, 0.2) is 0 Å². The Morgan fingerprint density at radius 3 is 2.20 bits per heavy atom. The number of hydrogen-bond donors (Lipinski definition) is 3. The molecule has 0 radical (unpaired) electrons. The van der Waals surface area contributed by atoms with Gasteiger partial charge in [0, 0.05) is 5.54 Å². The highest BCUT2D eigenvalue weighted by Crippen LogP contribution is 1.97. The summed E-state index contributed by atoms with van der Waals surface area (Å²) in [7, 11) is 0. The fourth-order valence-electron chi connectivity index (χ4n) is 0.929. The van der Waals surface area contributed by atoms with E-state index in [0.717, 1.165) is 0 Å². The van der Waals surface area contributed by atoms with Crippen molar-refractivity contribution in [2.45, 2.75) is 45.7 Å². The van der Waals surface area contributed by atoms with Crippen molar-refractivity contribution in [1.82, 2.24) is 10.6 Å². The van der Waals surface area contributed by atoms with Crippen molar-refractivity contribution in [3.05, 3.63) is 0 Å². The number of amides is 1. The minimum Gasteiger partial charge on any atom is -0.480 e. The molecular formula is C10H20N2O3. The fourth-order valence-corrected chi connectivity index (χ4v) is 0.929. The molecule has 0 spiro atoms. The van der Waals surface area contributed by atoms with Crippen LogP contribution in [0.5, 0.6) is 0 Å². The molecule has 0 aliphatic heterocycles. The third-order valence-electron chi connectivity index (χ3n) is 1.82. The van der Waals surface area contributed by atoms with Crippen LogP contribution in [-0.2, 0) is 9.59 Å². The summed E-state index contributed by atoms with van der Waals surface area (Å²) in [6, 6.07) is -0.792. The van der Waals surface area contributed by atoms with Crippen LogP contribution in [0.4, 0.5) is 0 Å². The molecule has 1 atom stereocenters. The molecule has 0 aromatic heterocycles. The predicted molar refractivity (Wildman–Crippen MR) is 57.6 cm³/mol. The summed E-state index contributed by atoms with van der Waals surface area (Å²) in [6.45, 7) is 7.67. The van der Waals surface area contributed by atoms with E-state index in [1.807, 2.05) is 20.8 Å². The zero-order valence-corrected chi connectivity index (χ0v) is 9.76. The summed E-state index contributed by atoms with van der Waals surface area (Å²) in [4.78, 5) is 22.0. The quantitative estimate of drug-likeness (QED) is 0.620. The molecule has 0 bridgehead atoms. The highest BCUT2D eigenvalue weighted by Gasteiger charge is 2.18. The van der Waals surface area contributed by atoms with E-state index < -0.39 is 12.0 Å². The number of carboxylic acid groups (broad SMARTS) is 1. The SMILES string of the molecule is CC[C@@H](NC(=O)CNC(C)(C)C)C(=O)O. The van der Waals surface area contributed by atoms with Gasteiger partial charge in [-0.3, -0.25) is 4.79 Å². The van der Waals surface area contributed by atoms with E-state index in [0.29, 0.717) is 6.42 Å². The third-order valence-corrected chi connectivity index (χ3v) is 1.82. The molecule has 0 saturated heterocycles. The van der Waals surface area contributed by atoms with Crippen molar-refractivity contribution < 1.29 is 14.7 Å². The van der Waals surface area contributed by atoms with Crippen LogP contribution in [0.3, 0.4) is 0 Å². The lowest BCUT2D eigenvalue weighted by Gasteiger charge is -2.21. The van der Waals surface area contributed by atoms with Crippen LogP contribution in [0, 0.1) is 0 Å². The molecule has 5 heteroatoms. The number of rotatable bonds is 5. The molecule has 1 amide bonds. The minimum absolute atomic E-state index is 0.132. The zero-order chi connectivity index (χ0) is 12.1. The topological polar surface area (TPSA) is 78.4 Å². The first-order valence-electron chi connectivity index (χ1n) is 5.03. The van der Waals surface area contributed by atoms with Crippen molar-refractivity contribution in [2.24, 2.45) is 0 Å². The fraction of sp³-hybridized carbons (Fsp3) is 0.800. The number of carbonyl (C=O) groups excluding carboxylic acids is 1. The van der Waals surface area contributed by atoms with Crippen molar-refractivity contribution >= 4 is 11.9 Å². The van der Waals surface area contributed by atoms with Gasteiger partial charge >= 0.3 is 5.97 Å². The second-order valence-corrected chi connectivity index (χ2v) is 4.47. The summed E-state index contributed by atoms with van der Waals surface area (Å²) >= 11 is 0. The Morgan fingerprint density at radius 1 is 1.33 bits per heavy atom. The standard InChI is InChI=1S/C10H20N2O3/c1-5-7(9(14)15)12-8(13)6-11-10(2,3)4/h7,11H,5-6H2,1-4H3,(H,12,13)(H,14,15)/t7-/m1/s1. The van der Waals surface area contributed by atoms with Gasteiger partial charge in [-0.15, -0.1) is 0 Å². The summed E-state index contributed by atoms with van der Waals surface area (Å²) in [5, 5.41) is 14.1. The maximum atomic E-state index is 11.3. The first kappa shape index (κ1) is 13.9. The molecular weight excluding hydrogens is 196 g/mol. The summed E-state index contributed by atoms with van der Waals surface area (Å²) in [5.74, 6) is -1.29. The van der Waals surface area contributed by atoms with E-state index in [-0.39, 0.29) is 18.0 Å². The van der Waals surface area contributed by atoms with Gasteiger partial charge in [0.2, 0.25) is 5.91 Å². The van der Waals surface area contributed by atoms with Crippen molar-refractivity contribution in [3.8, 4) is 0 Å². The maximum Gasteiger partial charge on any atom is 0.326 e. The molecule has 0 saturated carbocycles. The minimum atomic E-state index is -0.999. The van der Waals surface area contributed by atoms with E-state index in [2.05, 4.69) is 10.6 Å². The van der Waals surface area contributed by atoms with Crippen LogP contribution < -0.4 is 10.6 Å². The Morgan fingerprint density at radius 2 is 1.87 bits per heavy atom. The van der Waals surface area contributed by atoms with Crippen LogP contribution in [0.1, 0.15) is 34.1 Å². The zero-order valence-electron chi connectivity index (χ0n) is 9.76. The van der Waals surface area contributed by atoms with Crippen LogP contribution in [-0.4, -0.2) is 35.1 Å². The smallest absolute Gasteiger partial charge is 0.326 e. The van der Waals surface area contributed by atoms with E-state index in [1.165, 1.54) is 0 Å². The lowest BCUT2D eigenvalue weighted by atomic mass is 10.1. The molecule has 0 aliphatic rings. The number of carbonyl (C=O) groups is 2. The number of aliphatic carboxylic acids is 1. The van der Waals surface area contributed by atoms with E-state index >= 15 is 0 Å². The molecule has 0 unspecified atom stereocenters. The molecule has 0 fully saturated rings. The van der Waals surface area contributed by atoms with E-state index in [9.17, 15) is 9.59 Å². The van der Waals surface area contributed by atoms with Crippen molar-refractivity contribution in [3.63, 3.8) is 0 Å². The second-order valence-electron chi connectivity index (χ2n) is 4.47. The third kappa shape index (κ3) is 6.90. The molecule has 0 aromatic carbocycles. The Hall–Kier alpha value is -1.10. The highest BCUT2D eigenvalue weighted by molar-refractivity contribution is 5.84. The van der Waals surface area contributed by atoms with Crippen molar-refractivity contribution in [1.29, 1.82) is 0 Å². The number of carboxylic acids is 1.